The molecule has 1 fully saturated rings. The molecule has 0 spiro atoms. The van der Waals surface area contributed by atoms with E-state index >= 15 is 0 Å². The van der Waals surface area contributed by atoms with Gasteiger partial charge in [0.2, 0.25) is 0 Å². The molecule has 5 nitrogen and oxygen atoms in total. The first kappa shape index (κ1) is 19.6. The summed E-state index contributed by atoms with van der Waals surface area (Å²) < 4.78 is 6.02. The number of carbonyl (C=O) groups excluding carboxylic acids is 2. The second-order valence-electron chi connectivity index (χ2n) is 7.47. The summed E-state index contributed by atoms with van der Waals surface area (Å²) in [5, 5.41) is 3.58. The Kier molecular flexibility index (Phi) is 5.14. The molecule has 5 rings (SSSR count). The summed E-state index contributed by atoms with van der Waals surface area (Å²) in [6, 6.07) is 30.7. The number of amides is 2. The first-order chi connectivity index (χ1) is 15.7. The van der Waals surface area contributed by atoms with Crippen LogP contribution in [0.5, 0.6) is 5.75 Å². The van der Waals surface area contributed by atoms with E-state index in [9.17, 15) is 9.59 Å². The van der Waals surface area contributed by atoms with Crippen molar-refractivity contribution in [2.45, 2.75) is 6.61 Å². The molecule has 0 atom stereocenters. The third-order valence-electron chi connectivity index (χ3n) is 5.35. The maximum absolute atomic E-state index is 12.8. The Morgan fingerprint density at radius 1 is 0.812 bits per heavy atom. The fraction of sp³-hybridized carbons (Fsp3) is 0.0370. The minimum absolute atomic E-state index is 0.0834. The summed E-state index contributed by atoms with van der Waals surface area (Å²) in [4.78, 5) is 25.2. The molecule has 156 valence electrons. The van der Waals surface area contributed by atoms with E-state index < -0.39 is 5.91 Å². The topological polar surface area (TPSA) is 58.6 Å². The van der Waals surface area contributed by atoms with Crippen LogP contribution in [0.1, 0.15) is 11.1 Å². The molecular formula is C27H20N2O3. The van der Waals surface area contributed by atoms with Crippen LogP contribution in [0.4, 0.5) is 5.69 Å². The van der Waals surface area contributed by atoms with Crippen molar-refractivity contribution in [3.63, 3.8) is 0 Å². The van der Waals surface area contributed by atoms with E-state index in [-0.39, 0.29) is 11.5 Å². The van der Waals surface area contributed by atoms with Crippen LogP contribution in [0.25, 0.3) is 16.8 Å². The van der Waals surface area contributed by atoms with Gasteiger partial charge in [0.1, 0.15) is 17.9 Å². The van der Waals surface area contributed by atoms with Crippen molar-refractivity contribution in [1.29, 1.82) is 0 Å². The van der Waals surface area contributed by atoms with Gasteiger partial charge < -0.3 is 4.74 Å². The fourth-order valence-corrected chi connectivity index (χ4v) is 3.76. The van der Waals surface area contributed by atoms with Gasteiger partial charge in [-0.3, -0.25) is 15.0 Å². The average Bonchev–Trinajstić information content (AvgIpc) is 3.12. The predicted octanol–water partition coefficient (Wildman–Crippen LogP) is 4.88. The molecule has 0 bridgehead atoms. The Hall–Kier alpha value is -4.38. The van der Waals surface area contributed by atoms with Crippen molar-refractivity contribution >= 4 is 34.4 Å². The minimum atomic E-state index is -0.430. The highest BCUT2D eigenvalue weighted by Crippen LogP contribution is 2.24. The number of anilines is 1. The van der Waals surface area contributed by atoms with Gasteiger partial charge in [0.15, 0.2) is 0 Å². The van der Waals surface area contributed by atoms with Crippen LogP contribution in [0.2, 0.25) is 0 Å². The molecule has 0 saturated carbocycles. The number of hydrogen-bond acceptors (Lipinski definition) is 3. The van der Waals surface area contributed by atoms with E-state index in [0.29, 0.717) is 23.6 Å². The van der Waals surface area contributed by atoms with E-state index in [2.05, 4.69) is 23.6 Å². The number of benzene rings is 4. The average molecular weight is 420 g/mol. The maximum Gasteiger partial charge on any atom is 0.282 e. The smallest absolute Gasteiger partial charge is 0.282 e. The standard InChI is InChI=1S/C27H20N2O3/c30-26-25(27(31)29(28-26)22-12-2-1-3-13-22)17-19-8-6-14-23(16-19)32-18-21-11-7-10-20-9-4-5-15-24(20)21/h1-17H,18H2,(H,28,30)/b25-17+. The SMILES string of the molecule is O=C1NN(c2ccccc2)C(=O)/C1=C/c1cccc(OCc2cccc3ccccc23)c1. The van der Waals surface area contributed by atoms with E-state index in [1.54, 1.807) is 18.2 Å². The lowest BCUT2D eigenvalue weighted by atomic mass is 10.1. The highest BCUT2D eigenvalue weighted by atomic mass is 16.5. The lowest BCUT2D eigenvalue weighted by Gasteiger charge is -2.13. The molecule has 4 aromatic carbocycles. The molecule has 1 aliphatic rings. The molecule has 0 aromatic heterocycles. The van der Waals surface area contributed by atoms with Crippen LogP contribution >= 0.6 is 0 Å². The highest BCUT2D eigenvalue weighted by molar-refractivity contribution is 6.31. The highest BCUT2D eigenvalue weighted by Gasteiger charge is 2.34. The minimum Gasteiger partial charge on any atom is -0.489 e. The van der Waals surface area contributed by atoms with Gasteiger partial charge >= 0.3 is 0 Å². The number of nitrogens with one attached hydrogen (secondary N) is 1. The predicted molar refractivity (Wildman–Crippen MR) is 125 cm³/mol. The van der Waals surface area contributed by atoms with Crippen molar-refractivity contribution in [2.75, 3.05) is 5.01 Å². The van der Waals surface area contributed by atoms with Crippen molar-refractivity contribution in [1.82, 2.24) is 5.43 Å². The molecule has 4 aromatic rings. The third-order valence-corrected chi connectivity index (χ3v) is 5.35. The number of ether oxygens (including phenoxy) is 1. The zero-order valence-corrected chi connectivity index (χ0v) is 17.2. The van der Waals surface area contributed by atoms with E-state index in [4.69, 9.17) is 4.74 Å². The number of rotatable bonds is 5. The summed E-state index contributed by atoms with van der Waals surface area (Å²) >= 11 is 0. The van der Waals surface area contributed by atoms with E-state index in [1.165, 1.54) is 10.4 Å². The van der Waals surface area contributed by atoms with Gasteiger partial charge in [0, 0.05) is 0 Å². The summed E-state index contributed by atoms with van der Waals surface area (Å²) in [6.45, 7) is 0.419. The Bertz CT molecular complexity index is 1340. The lowest BCUT2D eigenvalue weighted by molar-refractivity contribution is -0.117. The largest absolute Gasteiger partial charge is 0.489 e. The van der Waals surface area contributed by atoms with Crippen molar-refractivity contribution < 1.29 is 14.3 Å². The van der Waals surface area contributed by atoms with Crippen molar-refractivity contribution in [3.05, 3.63) is 114 Å². The van der Waals surface area contributed by atoms with E-state index in [0.717, 1.165) is 10.9 Å². The Balaban J connectivity index is 1.35. The molecule has 5 heteroatoms. The van der Waals surface area contributed by atoms with Crippen LogP contribution in [0.3, 0.4) is 0 Å². The lowest BCUT2D eigenvalue weighted by Crippen LogP contribution is -2.35. The first-order valence-corrected chi connectivity index (χ1v) is 10.3. The normalized spacial score (nSPS) is 14.8. The molecule has 1 heterocycles. The Labute approximate surface area is 185 Å². The van der Waals surface area contributed by atoms with Crippen LogP contribution in [-0.4, -0.2) is 11.8 Å². The monoisotopic (exact) mass is 420 g/mol. The number of carbonyl (C=O) groups is 2. The summed E-state index contributed by atoms with van der Waals surface area (Å²) in [5.41, 5.74) is 5.12. The van der Waals surface area contributed by atoms with Crippen LogP contribution in [0, 0.1) is 0 Å². The maximum atomic E-state index is 12.8. The molecule has 0 radical (unpaired) electrons. The second-order valence-corrected chi connectivity index (χ2v) is 7.47. The summed E-state index contributed by atoms with van der Waals surface area (Å²) in [6.07, 6.45) is 1.59. The van der Waals surface area contributed by atoms with Crippen LogP contribution < -0.4 is 15.2 Å². The zero-order chi connectivity index (χ0) is 21.9. The zero-order valence-electron chi connectivity index (χ0n) is 17.2. The molecule has 32 heavy (non-hydrogen) atoms. The van der Waals surface area contributed by atoms with Crippen LogP contribution in [-0.2, 0) is 16.2 Å². The van der Waals surface area contributed by atoms with Crippen molar-refractivity contribution in [3.8, 4) is 5.75 Å². The number of hydrogen-bond donors (Lipinski definition) is 1. The quantitative estimate of drug-likeness (QED) is 0.370. The molecule has 2 amide bonds. The number of hydrazine groups is 1. The summed E-state index contributed by atoms with van der Waals surface area (Å²) in [7, 11) is 0. The molecule has 0 aliphatic carbocycles. The van der Waals surface area contributed by atoms with Gasteiger partial charge in [0.25, 0.3) is 11.8 Å². The third kappa shape index (κ3) is 3.84. The van der Waals surface area contributed by atoms with Gasteiger partial charge in [0.05, 0.1) is 5.69 Å². The van der Waals surface area contributed by atoms with Crippen LogP contribution in [0.15, 0.2) is 103 Å². The van der Waals surface area contributed by atoms with Gasteiger partial charge in [-0.2, -0.15) is 0 Å². The van der Waals surface area contributed by atoms with E-state index in [1.807, 2.05) is 66.7 Å². The number of fused-ring (bicyclic) bond motifs is 1. The summed E-state index contributed by atoms with van der Waals surface area (Å²) in [5.74, 6) is -0.151. The van der Waals surface area contributed by atoms with Crippen molar-refractivity contribution in [2.24, 2.45) is 0 Å². The molecular weight excluding hydrogens is 400 g/mol. The van der Waals surface area contributed by atoms with Gasteiger partial charge in [-0.25, -0.2) is 5.01 Å². The Morgan fingerprint density at radius 2 is 1.56 bits per heavy atom. The molecule has 1 aliphatic heterocycles. The number of para-hydroxylation sites is 1. The molecule has 0 unspecified atom stereocenters. The fourth-order valence-electron chi connectivity index (χ4n) is 3.76. The second kappa shape index (κ2) is 8.40. The van der Waals surface area contributed by atoms with Gasteiger partial charge in [-0.05, 0) is 52.2 Å². The molecule has 1 saturated heterocycles. The van der Waals surface area contributed by atoms with Gasteiger partial charge in [-0.15, -0.1) is 0 Å². The molecule has 1 N–H and O–H groups in total. The Morgan fingerprint density at radius 3 is 2.44 bits per heavy atom. The van der Waals surface area contributed by atoms with Gasteiger partial charge in [-0.1, -0.05) is 72.8 Å². The number of nitrogens with zero attached hydrogens (tertiary/aromatic N) is 1. The first-order valence-electron chi connectivity index (χ1n) is 10.3.